The first-order valence-electron chi connectivity index (χ1n) is 4.04. The molecule has 0 saturated carbocycles. The maximum absolute atomic E-state index is 12.6. The minimum Gasteiger partial charge on any atom is -0.300 e. The quantitative estimate of drug-likeness (QED) is 0.651. The second-order valence-electron chi connectivity index (χ2n) is 2.62. The molecule has 70 valence electrons. The van der Waals surface area contributed by atoms with Gasteiger partial charge in [0, 0.05) is 13.5 Å². The molecule has 1 aromatic heterocycles. The number of carbonyl (C=O) groups excluding carboxylic acids is 1. The molecule has 0 aromatic carbocycles. The van der Waals surface area contributed by atoms with E-state index in [-0.39, 0.29) is 5.91 Å². The highest BCUT2D eigenvalue weighted by Crippen LogP contribution is 2.09. The van der Waals surface area contributed by atoms with Crippen molar-refractivity contribution in [2.45, 2.75) is 13.3 Å². The average Bonchev–Trinajstić information content (AvgIpc) is 2.15. The summed E-state index contributed by atoms with van der Waals surface area (Å²) in [5.41, 5.74) is 0. The Hall–Kier alpha value is -1.45. The van der Waals surface area contributed by atoms with Crippen molar-refractivity contribution < 1.29 is 9.18 Å². The number of pyridine rings is 1. The van der Waals surface area contributed by atoms with Crippen LogP contribution in [-0.2, 0) is 4.79 Å². The molecule has 1 aromatic rings. The molecule has 0 saturated heterocycles. The SMILES string of the molecule is CCC(=O)N(C)c1cccc(F)n1. The first-order valence-corrected chi connectivity index (χ1v) is 4.04. The zero-order valence-electron chi connectivity index (χ0n) is 7.62. The molecule has 4 heteroatoms. The molecule has 0 bridgehead atoms. The lowest BCUT2D eigenvalue weighted by atomic mass is 10.4. The maximum atomic E-state index is 12.6. The van der Waals surface area contributed by atoms with Gasteiger partial charge in [0.25, 0.3) is 0 Å². The van der Waals surface area contributed by atoms with Gasteiger partial charge in [-0.1, -0.05) is 13.0 Å². The van der Waals surface area contributed by atoms with Gasteiger partial charge in [-0.05, 0) is 12.1 Å². The summed E-state index contributed by atoms with van der Waals surface area (Å²) in [6, 6.07) is 4.36. The van der Waals surface area contributed by atoms with Crippen molar-refractivity contribution in [1.82, 2.24) is 4.98 Å². The topological polar surface area (TPSA) is 33.2 Å². The Morgan fingerprint density at radius 2 is 2.31 bits per heavy atom. The predicted octanol–water partition coefficient (Wildman–Crippen LogP) is 1.59. The molecule has 0 aliphatic rings. The summed E-state index contributed by atoms with van der Waals surface area (Å²) in [6.07, 6.45) is 0.384. The van der Waals surface area contributed by atoms with Crippen LogP contribution in [0.2, 0.25) is 0 Å². The first kappa shape index (κ1) is 9.64. The molecule has 3 nitrogen and oxygen atoms in total. The van der Waals surface area contributed by atoms with Gasteiger partial charge in [0.2, 0.25) is 11.9 Å². The largest absolute Gasteiger partial charge is 0.300 e. The van der Waals surface area contributed by atoms with Gasteiger partial charge in [-0.2, -0.15) is 4.39 Å². The molecular weight excluding hydrogens is 171 g/mol. The van der Waals surface area contributed by atoms with Gasteiger partial charge in [-0.15, -0.1) is 0 Å². The van der Waals surface area contributed by atoms with E-state index < -0.39 is 5.95 Å². The molecule has 0 N–H and O–H groups in total. The van der Waals surface area contributed by atoms with Gasteiger partial charge >= 0.3 is 0 Å². The van der Waals surface area contributed by atoms with Crippen LogP contribution < -0.4 is 4.90 Å². The van der Waals surface area contributed by atoms with Crippen LogP contribution in [-0.4, -0.2) is 17.9 Å². The molecule has 13 heavy (non-hydrogen) atoms. The minimum atomic E-state index is -0.576. The van der Waals surface area contributed by atoms with Gasteiger partial charge in [-0.25, -0.2) is 4.98 Å². The number of nitrogens with zero attached hydrogens (tertiary/aromatic N) is 2. The van der Waals surface area contributed by atoms with Crippen molar-refractivity contribution in [2.24, 2.45) is 0 Å². The van der Waals surface area contributed by atoms with E-state index in [9.17, 15) is 9.18 Å². The third-order valence-electron chi connectivity index (χ3n) is 1.72. The van der Waals surface area contributed by atoms with Gasteiger partial charge in [0.05, 0.1) is 0 Å². The van der Waals surface area contributed by atoms with Crippen molar-refractivity contribution in [3.8, 4) is 0 Å². The Morgan fingerprint density at radius 3 is 2.85 bits per heavy atom. The summed E-state index contributed by atoms with van der Waals surface area (Å²) in [5.74, 6) is -0.321. The lowest BCUT2D eigenvalue weighted by Gasteiger charge is -2.14. The molecular formula is C9H11FN2O. The second kappa shape index (κ2) is 3.98. The molecule has 0 radical (unpaired) electrons. The van der Waals surface area contributed by atoms with Gasteiger partial charge < -0.3 is 0 Å². The van der Waals surface area contributed by atoms with E-state index in [4.69, 9.17) is 0 Å². The van der Waals surface area contributed by atoms with Crippen LogP contribution in [0.15, 0.2) is 18.2 Å². The van der Waals surface area contributed by atoms with Crippen LogP contribution >= 0.6 is 0 Å². The molecule has 0 aliphatic heterocycles. The standard InChI is InChI=1S/C9H11FN2O/c1-3-9(13)12(2)8-6-4-5-7(10)11-8/h4-6H,3H2,1-2H3. The highest BCUT2D eigenvalue weighted by atomic mass is 19.1. The van der Waals surface area contributed by atoms with E-state index >= 15 is 0 Å². The van der Waals surface area contributed by atoms with Gasteiger partial charge in [0.1, 0.15) is 5.82 Å². The smallest absolute Gasteiger partial charge is 0.227 e. The van der Waals surface area contributed by atoms with Crippen molar-refractivity contribution in [2.75, 3.05) is 11.9 Å². The lowest BCUT2D eigenvalue weighted by molar-refractivity contribution is -0.118. The summed E-state index contributed by atoms with van der Waals surface area (Å²) >= 11 is 0. The Bertz CT molecular complexity index is 314. The fraction of sp³-hybridized carbons (Fsp3) is 0.333. The number of hydrogen-bond acceptors (Lipinski definition) is 2. The monoisotopic (exact) mass is 182 g/mol. The second-order valence-corrected chi connectivity index (χ2v) is 2.62. The lowest BCUT2D eigenvalue weighted by Crippen LogP contribution is -2.26. The Labute approximate surface area is 76.2 Å². The predicted molar refractivity (Wildman–Crippen MR) is 47.9 cm³/mol. The molecule has 1 rings (SSSR count). The van der Waals surface area contributed by atoms with Crippen molar-refractivity contribution in [3.63, 3.8) is 0 Å². The molecule has 0 fully saturated rings. The number of carbonyl (C=O) groups is 1. The summed E-state index contributed by atoms with van der Waals surface area (Å²) in [5, 5.41) is 0. The maximum Gasteiger partial charge on any atom is 0.227 e. The molecule has 0 atom stereocenters. The number of aromatic nitrogens is 1. The zero-order chi connectivity index (χ0) is 9.84. The highest BCUT2D eigenvalue weighted by molar-refractivity contribution is 5.91. The van der Waals surface area contributed by atoms with E-state index in [0.29, 0.717) is 12.2 Å². The van der Waals surface area contributed by atoms with Crippen molar-refractivity contribution >= 4 is 11.7 Å². The summed E-state index contributed by atoms with van der Waals surface area (Å²) in [6.45, 7) is 1.75. The van der Waals surface area contributed by atoms with Crippen LogP contribution in [0.5, 0.6) is 0 Å². The van der Waals surface area contributed by atoms with Crippen LogP contribution in [0, 0.1) is 5.95 Å². The number of amides is 1. The van der Waals surface area contributed by atoms with E-state index in [0.717, 1.165) is 0 Å². The Balaban J connectivity index is 2.88. The van der Waals surface area contributed by atoms with E-state index in [2.05, 4.69) is 4.98 Å². The Kier molecular flexibility index (Phi) is 2.95. The fourth-order valence-corrected chi connectivity index (χ4v) is 0.949. The molecule has 0 unspecified atom stereocenters. The third-order valence-corrected chi connectivity index (χ3v) is 1.72. The fourth-order valence-electron chi connectivity index (χ4n) is 0.949. The van der Waals surface area contributed by atoms with E-state index in [1.807, 2.05) is 0 Å². The van der Waals surface area contributed by atoms with Crippen LogP contribution in [0.3, 0.4) is 0 Å². The average molecular weight is 182 g/mol. The molecule has 1 amide bonds. The van der Waals surface area contributed by atoms with Crippen LogP contribution in [0.25, 0.3) is 0 Å². The first-order chi connectivity index (χ1) is 6.15. The molecule has 0 aliphatic carbocycles. The third kappa shape index (κ3) is 2.24. The summed E-state index contributed by atoms with van der Waals surface area (Å²) < 4.78 is 12.6. The zero-order valence-corrected chi connectivity index (χ0v) is 7.62. The van der Waals surface area contributed by atoms with Crippen molar-refractivity contribution in [1.29, 1.82) is 0 Å². The van der Waals surface area contributed by atoms with Crippen LogP contribution in [0.1, 0.15) is 13.3 Å². The van der Waals surface area contributed by atoms with Crippen LogP contribution in [0.4, 0.5) is 10.2 Å². The number of hydrogen-bond donors (Lipinski definition) is 0. The normalized spacial score (nSPS) is 9.77. The Morgan fingerprint density at radius 1 is 1.62 bits per heavy atom. The number of halogens is 1. The number of anilines is 1. The highest BCUT2D eigenvalue weighted by Gasteiger charge is 2.09. The molecule has 1 heterocycles. The van der Waals surface area contributed by atoms with E-state index in [1.54, 1.807) is 20.0 Å². The molecule has 0 spiro atoms. The minimum absolute atomic E-state index is 0.0851. The van der Waals surface area contributed by atoms with Gasteiger partial charge in [0.15, 0.2) is 0 Å². The van der Waals surface area contributed by atoms with Crippen molar-refractivity contribution in [3.05, 3.63) is 24.1 Å². The van der Waals surface area contributed by atoms with Gasteiger partial charge in [-0.3, -0.25) is 9.69 Å². The summed E-state index contributed by atoms with van der Waals surface area (Å²) in [7, 11) is 1.58. The number of rotatable bonds is 2. The summed E-state index contributed by atoms with van der Waals surface area (Å²) in [4.78, 5) is 16.1. The van der Waals surface area contributed by atoms with E-state index in [1.165, 1.54) is 17.0 Å².